The van der Waals surface area contributed by atoms with Gasteiger partial charge in [-0.15, -0.1) is 0 Å². The maximum atomic E-state index is 11.2. The topological polar surface area (TPSA) is 55.8 Å². The van der Waals surface area contributed by atoms with Gasteiger partial charge in [0.1, 0.15) is 11.5 Å². The maximum Gasteiger partial charge on any atom is 0.310 e. The normalized spacial score (nSPS) is 10.0. The molecule has 0 bridgehead atoms. The zero-order valence-electron chi connectivity index (χ0n) is 10.2. The first kappa shape index (κ1) is 13.4. The van der Waals surface area contributed by atoms with Crippen molar-refractivity contribution in [2.24, 2.45) is 0 Å². The summed E-state index contributed by atoms with van der Waals surface area (Å²) in [6.45, 7) is 2.65. The largest absolute Gasteiger partial charge is 0.508 e. The first-order valence-corrected chi connectivity index (χ1v) is 5.69. The molecular formula is C13H18O4. The molecule has 94 valence electrons. The Labute approximate surface area is 101 Å². The second kappa shape index (κ2) is 6.78. The minimum absolute atomic E-state index is 0.130. The van der Waals surface area contributed by atoms with Crippen LogP contribution in [0.2, 0.25) is 0 Å². The number of benzene rings is 1. The van der Waals surface area contributed by atoms with Gasteiger partial charge < -0.3 is 14.6 Å². The van der Waals surface area contributed by atoms with Gasteiger partial charge in [-0.25, -0.2) is 0 Å². The summed E-state index contributed by atoms with van der Waals surface area (Å²) in [5.74, 6) is 0.352. The molecule has 0 radical (unpaired) electrons. The van der Waals surface area contributed by atoms with Crippen LogP contribution in [0.1, 0.15) is 25.3 Å². The SMILES string of the molecule is CCCCOc1cc(O)ccc1CC(=O)OC. The summed E-state index contributed by atoms with van der Waals surface area (Å²) < 4.78 is 10.1. The van der Waals surface area contributed by atoms with E-state index in [0.717, 1.165) is 18.4 Å². The molecule has 1 aromatic carbocycles. The summed E-state index contributed by atoms with van der Waals surface area (Å²) in [6, 6.07) is 4.73. The molecule has 17 heavy (non-hydrogen) atoms. The molecule has 4 heteroatoms. The number of rotatable bonds is 6. The summed E-state index contributed by atoms with van der Waals surface area (Å²) in [7, 11) is 1.35. The Morgan fingerprint density at radius 1 is 1.41 bits per heavy atom. The Balaban J connectivity index is 2.76. The first-order valence-electron chi connectivity index (χ1n) is 5.69. The van der Waals surface area contributed by atoms with Crippen molar-refractivity contribution in [1.29, 1.82) is 0 Å². The van der Waals surface area contributed by atoms with Crippen LogP contribution >= 0.6 is 0 Å². The molecule has 1 N–H and O–H groups in total. The van der Waals surface area contributed by atoms with Gasteiger partial charge in [0.05, 0.1) is 20.1 Å². The molecule has 1 aromatic rings. The lowest BCUT2D eigenvalue weighted by Gasteiger charge is -2.11. The van der Waals surface area contributed by atoms with Crippen molar-refractivity contribution in [3.05, 3.63) is 23.8 Å². The van der Waals surface area contributed by atoms with E-state index < -0.39 is 0 Å². The van der Waals surface area contributed by atoms with Crippen LogP contribution in [-0.2, 0) is 16.0 Å². The van der Waals surface area contributed by atoms with E-state index in [1.165, 1.54) is 19.2 Å². The molecule has 0 atom stereocenters. The number of ether oxygens (including phenoxy) is 2. The number of esters is 1. The Morgan fingerprint density at radius 2 is 2.18 bits per heavy atom. The predicted octanol–water partition coefficient (Wildman–Crippen LogP) is 2.29. The summed E-state index contributed by atoms with van der Waals surface area (Å²) in [6.07, 6.45) is 2.12. The number of carbonyl (C=O) groups is 1. The van der Waals surface area contributed by atoms with E-state index in [1.54, 1.807) is 6.07 Å². The van der Waals surface area contributed by atoms with Gasteiger partial charge in [0.15, 0.2) is 0 Å². The Morgan fingerprint density at radius 3 is 2.82 bits per heavy atom. The van der Waals surface area contributed by atoms with Gasteiger partial charge in [0, 0.05) is 11.6 Å². The highest BCUT2D eigenvalue weighted by Gasteiger charge is 2.10. The maximum absolute atomic E-state index is 11.2. The van der Waals surface area contributed by atoms with Gasteiger partial charge in [-0.1, -0.05) is 19.4 Å². The molecule has 0 unspecified atom stereocenters. The highest BCUT2D eigenvalue weighted by molar-refractivity contribution is 5.73. The molecule has 0 amide bonds. The Kier molecular flexibility index (Phi) is 5.33. The third-order valence-corrected chi connectivity index (χ3v) is 2.37. The molecule has 4 nitrogen and oxygen atoms in total. The number of unbranched alkanes of at least 4 members (excludes halogenated alkanes) is 1. The Bertz CT molecular complexity index is 374. The third-order valence-electron chi connectivity index (χ3n) is 2.37. The molecule has 1 rings (SSSR count). The second-order valence-electron chi connectivity index (χ2n) is 3.75. The highest BCUT2D eigenvalue weighted by Crippen LogP contribution is 2.25. The van der Waals surface area contributed by atoms with Crippen molar-refractivity contribution in [3.63, 3.8) is 0 Å². The fourth-order valence-corrected chi connectivity index (χ4v) is 1.38. The summed E-state index contributed by atoms with van der Waals surface area (Å²) >= 11 is 0. The van der Waals surface area contributed by atoms with Gasteiger partial charge >= 0.3 is 5.97 Å². The average Bonchev–Trinajstić information content (AvgIpc) is 2.32. The first-order chi connectivity index (χ1) is 8.17. The molecule has 0 aliphatic heterocycles. The third kappa shape index (κ3) is 4.34. The number of hydrogen-bond acceptors (Lipinski definition) is 4. The number of aromatic hydroxyl groups is 1. The van der Waals surface area contributed by atoms with E-state index in [1.807, 2.05) is 0 Å². The van der Waals surface area contributed by atoms with E-state index in [9.17, 15) is 9.90 Å². The van der Waals surface area contributed by atoms with Crippen LogP contribution in [0.25, 0.3) is 0 Å². The predicted molar refractivity (Wildman–Crippen MR) is 64.2 cm³/mol. The lowest BCUT2D eigenvalue weighted by atomic mass is 10.1. The van der Waals surface area contributed by atoms with Crippen molar-refractivity contribution < 1.29 is 19.4 Å². The van der Waals surface area contributed by atoms with Gasteiger partial charge in [-0.05, 0) is 12.5 Å². The van der Waals surface area contributed by atoms with E-state index in [2.05, 4.69) is 11.7 Å². The average molecular weight is 238 g/mol. The summed E-state index contributed by atoms with van der Waals surface area (Å²) in [5.41, 5.74) is 0.728. The summed E-state index contributed by atoms with van der Waals surface area (Å²) in [5, 5.41) is 9.39. The number of carbonyl (C=O) groups excluding carboxylic acids is 1. The molecule has 0 aliphatic rings. The lowest BCUT2D eigenvalue weighted by Crippen LogP contribution is -2.07. The zero-order valence-corrected chi connectivity index (χ0v) is 10.2. The van der Waals surface area contributed by atoms with Crippen LogP contribution in [0.4, 0.5) is 0 Å². The van der Waals surface area contributed by atoms with Crippen LogP contribution in [0, 0.1) is 0 Å². The fraction of sp³-hybridized carbons (Fsp3) is 0.462. The van der Waals surface area contributed by atoms with Crippen molar-refractivity contribution in [3.8, 4) is 11.5 Å². The van der Waals surface area contributed by atoms with Gasteiger partial charge in [-0.3, -0.25) is 4.79 Å². The molecule has 0 heterocycles. The molecule has 0 aromatic heterocycles. The minimum Gasteiger partial charge on any atom is -0.508 e. The lowest BCUT2D eigenvalue weighted by molar-refractivity contribution is -0.139. The monoisotopic (exact) mass is 238 g/mol. The van der Waals surface area contributed by atoms with Crippen LogP contribution in [0.3, 0.4) is 0 Å². The number of methoxy groups -OCH3 is 1. The fourth-order valence-electron chi connectivity index (χ4n) is 1.38. The number of phenolic OH excluding ortho intramolecular Hbond substituents is 1. The zero-order chi connectivity index (χ0) is 12.7. The molecule has 0 aliphatic carbocycles. The van der Waals surface area contributed by atoms with Gasteiger partial charge in [0.25, 0.3) is 0 Å². The highest BCUT2D eigenvalue weighted by atomic mass is 16.5. The van der Waals surface area contributed by atoms with E-state index in [0.29, 0.717) is 12.4 Å². The molecule has 0 saturated heterocycles. The van der Waals surface area contributed by atoms with E-state index >= 15 is 0 Å². The van der Waals surface area contributed by atoms with Crippen LogP contribution in [0.15, 0.2) is 18.2 Å². The van der Waals surface area contributed by atoms with Gasteiger partial charge in [-0.2, -0.15) is 0 Å². The number of hydrogen-bond donors (Lipinski definition) is 1. The van der Waals surface area contributed by atoms with Crippen molar-refractivity contribution in [2.75, 3.05) is 13.7 Å². The standard InChI is InChI=1S/C13H18O4/c1-3-4-7-17-12-9-11(14)6-5-10(12)8-13(15)16-2/h5-6,9,14H,3-4,7-8H2,1-2H3. The number of phenols is 1. The van der Waals surface area contributed by atoms with E-state index in [-0.39, 0.29) is 18.1 Å². The second-order valence-corrected chi connectivity index (χ2v) is 3.75. The quantitative estimate of drug-likeness (QED) is 0.610. The molecule has 0 saturated carbocycles. The van der Waals surface area contributed by atoms with Crippen LogP contribution < -0.4 is 4.74 Å². The van der Waals surface area contributed by atoms with E-state index in [4.69, 9.17) is 4.74 Å². The van der Waals surface area contributed by atoms with Crippen LogP contribution in [-0.4, -0.2) is 24.8 Å². The van der Waals surface area contributed by atoms with Crippen molar-refractivity contribution >= 4 is 5.97 Å². The van der Waals surface area contributed by atoms with Crippen molar-refractivity contribution in [1.82, 2.24) is 0 Å². The van der Waals surface area contributed by atoms with Gasteiger partial charge in [0.2, 0.25) is 0 Å². The summed E-state index contributed by atoms with van der Waals surface area (Å²) in [4.78, 5) is 11.2. The molecular weight excluding hydrogens is 220 g/mol. The minimum atomic E-state index is -0.323. The Hall–Kier alpha value is -1.71. The molecule has 0 spiro atoms. The van der Waals surface area contributed by atoms with Crippen molar-refractivity contribution in [2.45, 2.75) is 26.2 Å². The van der Waals surface area contributed by atoms with Crippen LogP contribution in [0.5, 0.6) is 11.5 Å². The smallest absolute Gasteiger partial charge is 0.310 e. The molecule has 0 fully saturated rings.